The Morgan fingerprint density at radius 1 is 1.11 bits per heavy atom. The molecule has 3 aromatic rings. The lowest BCUT2D eigenvalue weighted by atomic mass is 10.0. The Balaban J connectivity index is 1.35. The second-order valence-corrected chi connectivity index (χ2v) is 10.2. The molecule has 8 heteroatoms. The number of thiophene rings is 1. The Hall–Kier alpha value is -3.03. The average Bonchev–Trinajstić information content (AvgIpc) is 3.61. The Bertz CT molecular complexity index is 1230. The quantitative estimate of drug-likeness (QED) is 0.417. The van der Waals surface area contributed by atoms with Crippen LogP contribution in [0.3, 0.4) is 0 Å². The number of rotatable bonds is 8. The van der Waals surface area contributed by atoms with E-state index in [0.717, 1.165) is 24.8 Å². The summed E-state index contributed by atoms with van der Waals surface area (Å²) in [5.74, 6) is 1.07. The van der Waals surface area contributed by atoms with Gasteiger partial charge in [0.2, 0.25) is 5.91 Å². The van der Waals surface area contributed by atoms with Gasteiger partial charge in [0.05, 0.1) is 13.2 Å². The van der Waals surface area contributed by atoms with Gasteiger partial charge in [0.15, 0.2) is 11.5 Å². The van der Waals surface area contributed by atoms with Crippen LogP contribution in [0.4, 0.5) is 0 Å². The topological polar surface area (TPSA) is 59.1 Å². The molecule has 0 radical (unpaired) electrons. The van der Waals surface area contributed by atoms with Gasteiger partial charge in [0.25, 0.3) is 5.91 Å². The van der Waals surface area contributed by atoms with E-state index < -0.39 is 0 Å². The molecule has 2 heterocycles. The molecule has 1 fully saturated rings. The van der Waals surface area contributed by atoms with Crippen molar-refractivity contribution in [1.29, 1.82) is 0 Å². The van der Waals surface area contributed by atoms with Gasteiger partial charge in [-0.1, -0.05) is 29.8 Å². The van der Waals surface area contributed by atoms with Gasteiger partial charge in [-0.25, -0.2) is 0 Å². The van der Waals surface area contributed by atoms with Crippen LogP contribution in [-0.2, 0) is 11.2 Å². The largest absolute Gasteiger partial charge is 0.493 e. The number of ether oxygens (including phenoxy) is 2. The summed E-state index contributed by atoms with van der Waals surface area (Å²) >= 11 is 7.82. The third kappa shape index (κ3) is 5.16. The Labute approximate surface area is 214 Å². The molecule has 1 aliphatic carbocycles. The molecule has 2 aromatic carbocycles. The number of amides is 2. The number of nitrogens with zero attached hydrogens (tertiary/aromatic N) is 2. The zero-order valence-electron chi connectivity index (χ0n) is 19.5. The molecule has 182 valence electrons. The summed E-state index contributed by atoms with van der Waals surface area (Å²) in [6, 6.07) is 16.3. The lowest BCUT2D eigenvalue weighted by molar-refractivity contribution is -0.135. The number of benzene rings is 2. The first-order valence-electron chi connectivity index (χ1n) is 11.7. The summed E-state index contributed by atoms with van der Waals surface area (Å²) in [4.78, 5) is 31.8. The van der Waals surface area contributed by atoms with Crippen LogP contribution in [0.15, 0.2) is 60.0 Å². The minimum absolute atomic E-state index is 0.0423. The van der Waals surface area contributed by atoms with Crippen molar-refractivity contribution < 1.29 is 19.1 Å². The van der Waals surface area contributed by atoms with Crippen LogP contribution in [0.25, 0.3) is 0 Å². The number of fused-ring (bicyclic) bond motifs is 1. The van der Waals surface area contributed by atoms with E-state index in [1.54, 1.807) is 47.6 Å². The maximum absolute atomic E-state index is 13.6. The zero-order valence-corrected chi connectivity index (χ0v) is 21.1. The van der Waals surface area contributed by atoms with Crippen molar-refractivity contribution in [1.82, 2.24) is 9.80 Å². The van der Waals surface area contributed by atoms with Crippen LogP contribution >= 0.6 is 22.9 Å². The lowest BCUT2D eigenvalue weighted by Crippen LogP contribution is -2.48. The van der Waals surface area contributed by atoms with Crippen LogP contribution in [-0.4, -0.2) is 54.5 Å². The molecule has 0 saturated heterocycles. The minimum atomic E-state index is -0.232. The molecule has 5 rings (SSSR count). The third-order valence-corrected chi connectivity index (χ3v) is 7.74. The highest BCUT2D eigenvalue weighted by Gasteiger charge is 2.38. The molecule has 0 spiro atoms. The van der Waals surface area contributed by atoms with Crippen LogP contribution < -0.4 is 9.47 Å². The SMILES string of the molecule is COc1ccccc1OC[C@@H]1c2ccsc2CCN1C(=O)CN(C(=O)c1cccc(Cl)c1)C1CC1. The minimum Gasteiger partial charge on any atom is -0.493 e. The Kier molecular flexibility index (Phi) is 6.97. The van der Waals surface area contributed by atoms with Gasteiger partial charge >= 0.3 is 0 Å². The fourth-order valence-electron chi connectivity index (χ4n) is 4.56. The van der Waals surface area contributed by atoms with Gasteiger partial charge in [-0.3, -0.25) is 9.59 Å². The normalized spacial score (nSPS) is 17.0. The van der Waals surface area contributed by atoms with E-state index in [1.807, 2.05) is 29.2 Å². The molecule has 0 N–H and O–H groups in total. The molecule has 1 aliphatic heterocycles. The number of hydrogen-bond donors (Lipinski definition) is 0. The molecular weight excluding hydrogens is 484 g/mol. The lowest BCUT2D eigenvalue weighted by Gasteiger charge is -2.37. The molecule has 1 aromatic heterocycles. The number of methoxy groups -OCH3 is 1. The monoisotopic (exact) mass is 510 g/mol. The van der Waals surface area contributed by atoms with E-state index in [1.165, 1.54) is 4.88 Å². The fourth-order valence-corrected chi connectivity index (χ4v) is 5.68. The smallest absolute Gasteiger partial charge is 0.254 e. The van der Waals surface area contributed by atoms with Crippen LogP contribution in [0.5, 0.6) is 11.5 Å². The molecule has 35 heavy (non-hydrogen) atoms. The van der Waals surface area contributed by atoms with E-state index in [4.69, 9.17) is 21.1 Å². The second-order valence-electron chi connectivity index (χ2n) is 8.79. The Morgan fingerprint density at radius 3 is 2.66 bits per heavy atom. The molecule has 1 atom stereocenters. The first kappa shape index (κ1) is 23.7. The third-order valence-electron chi connectivity index (χ3n) is 6.51. The van der Waals surface area contributed by atoms with Gasteiger partial charge in [-0.15, -0.1) is 11.3 Å². The summed E-state index contributed by atoms with van der Waals surface area (Å²) in [5.41, 5.74) is 1.62. The van der Waals surface area contributed by atoms with Crippen LogP contribution in [0.2, 0.25) is 5.02 Å². The first-order chi connectivity index (χ1) is 17.0. The maximum Gasteiger partial charge on any atom is 0.254 e. The van der Waals surface area contributed by atoms with Crippen molar-refractivity contribution in [2.24, 2.45) is 0 Å². The zero-order chi connectivity index (χ0) is 24.4. The van der Waals surface area contributed by atoms with Crippen molar-refractivity contribution >= 4 is 34.8 Å². The van der Waals surface area contributed by atoms with E-state index >= 15 is 0 Å². The van der Waals surface area contributed by atoms with E-state index in [0.29, 0.717) is 35.2 Å². The molecule has 0 unspecified atom stereocenters. The van der Waals surface area contributed by atoms with Crippen molar-refractivity contribution in [3.63, 3.8) is 0 Å². The number of halogens is 1. The summed E-state index contributed by atoms with van der Waals surface area (Å²) < 4.78 is 11.6. The van der Waals surface area contributed by atoms with Crippen molar-refractivity contribution in [3.05, 3.63) is 81.0 Å². The van der Waals surface area contributed by atoms with Crippen LogP contribution in [0, 0.1) is 0 Å². The van der Waals surface area contributed by atoms with Gasteiger partial charge in [0.1, 0.15) is 13.2 Å². The van der Waals surface area contributed by atoms with Gasteiger partial charge < -0.3 is 19.3 Å². The highest BCUT2D eigenvalue weighted by atomic mass is 35.5. The first-order valence-corrected chi connectivity index (χ1v) is 13.0. The summed E-state index contributed by atoms with van der Waals surface area (Å²) in [6.07, 6.45) is 2.62. The van der Waals surface area contributed by atoms with Gasteiger partial charge in [0, 0.05) is 28.0 Å². The maximum atomic E-state index is 13.6. The number of para-hydroxylation sites is 2. The summed E-state index contributed by atoms with van der Waals surface area (Å²) in [7, 11) is 1.61. The fraction of sp³-hybridized carbons (Fsp3) is 0.333. The predicted octanol–water partition coefficient (Wildman–Crippen LogP) is 5.22. The standard InChI is InChI=1S/C27H27ClN2O4S/c1-33-23-7-2-3-8-24(23)34-17-22-21-12-14-35-25(21)11-13-29(22)26(31)16-30(20-9-10-20)27(32)18-5-4-6-19(28)15-18/h2-8,12,14-15,20,22H,9-11,13,16-17H2,1H3/t22-/m1/s1. The average molecular weight is 511 g/mol. The Morgan fingerprint density at radius 2 is 1.91 bits per heavy atom. The highest BCUT2D eigenvalue weighted by Crippen LogP contribution is 2.36. The van der Waals surface area contributed by atoms with Gasteiger partial charge in [-0.2, -0.15) is 0 Å². The molecular formula is C27H27ClN2O4S. The summed E-state index contributed by atoms with van der Waals surface area (Å²) in [5, 5.41) is 2.57. The molecule has 6 nitrogen and oxygen atoms in total. The molecule has 2 aliphatic rings. The predicted molar refractivity (Wildman–Crippen MR) is 136 cm³/mol. The molecule has 1 saturated carbocycles. The summed E-state index contributed by atoms with van der Waals surface area (Å²) in [6.45, 7) is 0.943. The van der Waals surface area contributed by atoms with Crippen molar-refractivity contribution in [3.8, 4) is 11.5 Å². The molecule has 2 amide bonds. The van der Waals surface area contributed by atoms with Crippen molar-refractivity contribution in [2.45, 2.75) is 31.3 Å². The molecule has 0 bridgehead atoms. The van der Waals surface area contributed by atoms with E-state index in [2.05, 4.69) is 11.4 Å². The number of carbonyl (C=O) groups excluding carboxylic acids is 2. The number of hydrogen-bond acceptors (Lipinski definition) is 5. The van der Waals surface area contributed by atoms with Gasteiger partial charge in [-0.05, 0) is 66.6 Å². The second kappa shape index (κ2) is 10.3. The number of carbonyl (C=O) groups is 2. The van der Waals surface area contributed by atoms with Crippen molar-refractivity contribution in [2.75, 3.05) is 26.8 Å². The van der Waals surface area contributed by atoms with Crippen LogP contribution in [0.1, 0.15) is 39.7 Å². The van der Waals surface area contributed by atoms with E-state index in [9.17, 15) is 9.59 Å². The highest BCUT2D eigenvalue weighted by molar-refractivity contribution is 7.10. The van der Waals surface area contributed by atoms with E-state index in [-0.39, 0.29) is 30.4 Å².